The van der Waals surface area contributed by atoms with E-state index in [1.54, 1.807) is 0 Å². The van der Waals surface area contributed by atoms with E-state index in [4.69, 9.17) is 9.72 Å². The monoisotopic (exact) mass is 677 g/mol. The number of fused-ring (bicyclic) bond motifs is 8. The molecule has 2 aliphatic rings. The molecule has 1 heterocycles. The molecule has 0 amide bonds. The highest BCUT2D eigenvalue weighted by Crippen LogP contribution is 2.60. The minimum Gasteiger partial charge on any atom is -0.457 e. The highest BCUT2D eigenvalue weighted by molar-refractivity contribution is 5.90. The topological polar surface area (TPSA) is 22.1 Å². The molecular weight excluding hydrogens is 643 g/mol. The Kier molecular flexibility index (Phi) is 7.47. The van der Waals surface area contributed by atoms with Crippen LogP contribution in [0, 0.1) is 0 Å². The summed E-state index contributed by atoms with van der Waals surface area (Å²) in [6, 6.07) is 66.4. The molecule has 0 N–H and O–H groups in total. The second kappa shape index (κ2) is 12.8. The van der Waals surface area contributed by atoms with Crippen LogP contribution in [0.4, 0.5) is 0 Å². The first-order valence-electron chi connectivity index (χ1n) is 18.2. The average Bonchev–Trinajstić information content (AvgIpc) is 3.54. The zero-order valence-corrected chi connectivity index (χ0v) is 29.1. The fourth-order valence-electron chi connectivity index (χ4n) is 8.36. The van der Waals surface area contributed by atoms with E-state index in [1.165, 1.54) is 44.5 Å². The molecule has 2 nitrogen and oxygen atoms in total. The first kappa shape index (κ1) is 31.0. The van der Waals surface area contributed by atoms with Gasteiger partial charge in [0.1, 0.15) is 11.5 Å². The summed E-state index contributed by atoms with van der Waals surface area (Å²) in [5, 5.41) is 0. The summed E-state index contributed by atoms with van der Waals surface area (Å²) >= 11 is 0. The van der Waals surface area contributed by atoms with Crippen LogP contribution in [0.2, 0.25) is 0 Å². The third-order valence-electron chi connectivity index (χ3n) is 10.9. The molecule has 2 atom stereocenters. The van der Waals surface area contributed by atoms with Crippen molar-refractivity contribution in [2.24, 2.45) is 0 Å². The standard InChI is InChI=1S/C51H35NO/c1-33-42-16-8-10-18-45(42)51-47-30-38(24-29-44(47)43-17-9-11-19-46(43)50(33)51)35-20-25-40(26-21-35)53-41-27-22-37(23-28-41)49-32-39(34-12-4-2-5-13-34)31-48(52-49)36-14-6-3-7-15-36/h2-32,50-51H,1H2. The Bertz CT molecular complexity index is 2580. The number of allylic oxidation sites excluding steroid dienone is 1. The molecule has 1 aromatic heterocycles. The zero-order chi connectivity index (χ0) is 35.3. The highest BCUT2D eigenvalue weighted by Gasteiger charge is 2.42. The van der Waals surface area contributed by atoms with Gasteiger partial charge in [-0.15, -0.1) is 0 Å². The fraction of sp³-hybridized carbons (Fsp3) is 0.0392. The highest BCUT2D eigenvalue weighted by atomic mass is 16.5. The van der Waals surface area contributed by atoms with E-state index in [9.17, 15) is 0 Å². The molecule has 10 rings (SSSR count). The molecule has 0 fully saturated rings. The van der Waals surface area contributed by atoms with Crippen LogP contribution in [0.5, 0.6) is 11.5 Å². The van der Waals surface area contributed by atoms with Gasteiger partial charge in [-0.2, -0.15) is 0 Å². The first-order chi connectivity index (χ1) is 26.2. The Morgan fingerprint density at radius 1 is 0.358 bits per heavy atom. The third kappa shape index (κ3) is 5.48. The van der Waals surface area contributed by atoms with E-state index in [1.807, 2.05) is 24.3 Å². The Balaban J connectivity index is 0.925. The maximum absolute atomic E-state index is 6.35. The van der Waals surface area contributed by atoms with Crippen molar-refractivity contribution in [3.05, 3.63) is 217 Å². The minimum atomic E-state index is 0.253. The number of nitrogens with zero attached hydrogens (tertiary/aromatic N) is 1. The van der Waals surface area contributed by atoms with Crippen molar-refractivity contribution in [2.45, 2.75) is 11.8 Å². The number of benzene rings is 7. The van der Waals surface area contributed by atoms with Crippen molar-refractivity contribution in [1.29, 1.82) is 0 Å². The molecule has 250 valence electrons. The molecule has 2 unspecified atom stereocenters. The van der Waals surface area contributed by atoms with Crippen molar-refractivity contribution in [3.8, 4) is 67.4 Å². The van der Waals surface area contributed by atoms with Gasteiger partial charge >= 0.3 is 0 Å². The van der Waals surface area contributed by atoms with Gasteiger partial charge in [0.2, 0.25) is 0 Å². The number of hydrogen-bond acceptors (Lipinski definition) is 2. The van der Waals surface area contributed by atoms with Gasteiger partial charge in [-0.3, -0.25) is 0 Å². The van der Waals surface area contributed by atoms with Gasteiger partial charge in [0.15, 0.2) is 0 Å². The molecule has 8 aromatic rings. The summed E-state index contributed by atoms with van der Waals surface area (Å²) in [7, 11) is 0. The molecule has 0 radical (unpaired) electrons. The summed E-state index contributed by atoms with van der Waals surface area (Å²) in [6.45, 7) is 4.61. The summed E-state index contributed by atoms with van der Waals surface area (Å²) in [5.41, 5.74) is 17.9. The van der Waals surface area contributed by atoms with Crippen LogP contribution in [-0.2, 0) is 0 Å². The Hall–Kier alpha value is -6.77. The van der Waals surface area contributed by atoms with E-state index in [0.717, 1.165) is 50.7 Å². The molecule has 0 saturated heterocycles. The van der Waals surface area contributed by atoms with E-state index >= 15 is 0 Å². The molecule has 0 aliphatic heterocycles. The Morgan fingerprint density at radius 2 is 0.830 bits per heavy atom. The van der Waals surface area contributed by atoms with Crippen LogP contribution in [0.3, 0.4) is 0 Å². The van der Waals surface area contributed by atoms with Gasteiger partial charge in [-0.25, -0.2) is 4.98 Å². The maximum Gasteiger partial charge on any atom is 0.127 e. The average molecular weight is 678 g/mol. The van der Waals surface area contributed by atoms with E-state index in [-0.39, 0.29) is 11.8 Å². The molecule has 0 spiro atoms. The summed E-state index contributed by atoms with van der Waals surface area (Å²) in [4.78, 5) is 5.08. The van der Waals surface area contributed by atoms with Crippen LogP contribution >= 0.6 is 0 Å². The largest absolute Gasteiger partial charge is 0.457 e. The van der Waals surface area contributed by atoms with Crippen molar-refractivity contribution < 1.29 is 4.74 Å². The van der Waals surface area contributed by atoms with Crippen molar-refractivity contribution >= 4 is 5.57 Å². The van der Waals surface area contributed by atoms with Gasteiger partial charge in [-0.05, 0) is 116 Å². The Morgan fingerprint density at radius 3 is 1.49 bits per heavy atom. The lowest BCUT2D eigenvalue weighted by molar-refractivity contribution is 0.483. The lowest BCUT2D eigenvalue weighted by Gasteiger charge is -2.32. The molecule has 0 saturated carbocycles. The fourth-order valence-corrected chi connectivity index (χ4v) is 8.36. The van der Waals surface area contributed by atoms with Gasteiger partial charge < -0.3 is 4.74 Å². The van der Waals surface area contributed by atoms with Crippen molar-refractivity contribution in [2.75, 3.05) is 0 Å². The van der Waals surface area contributed by atoms with Gasteiger partial charge in [-0.1, -0.05) is 140 Å². The minimum absolute atomic E-state index is 0.253. The molecule has 0 bridgehead atoms. The molecule has 2 heteroatoms. The number of ether oxygens (including phenoxy) is 1. The Labute approximate surface area is 310 Å². The van der Waals surface area contributed by atoms with Crippen LogP contribution in [0.15, 0.2) is 195 Å². The SMILES string of the molecule is C=C1c2ccccc2C2c3cc(-c4ccc(Oc5ccc(-c6cc(-c7ccccc7)cc(-c7ccccc7)n6)cc5)cc4)ccc3-c3ccccc3C12. The number of rotatable bonds is 6. The van der Waals surface area contributed by atoms with Gasteiger partial charge in [0.25, 0.3) is 0 Å². The lowest BCUT2D eigenvalue weighted by atomic mass is 9.70. The van der Waals surface area contributed by atoms with E-state index in [0.29, 0.717) is 0 Å². The number of pyridine rings is 1. The smallest absolute Gasteiger partial charge is 0.127 e. The van der Waals surface area contributed by atoms with Crippen LogP contribution < -0.4 is 4.74 Å². The van der Waals surface area contributed by atoms with Crippen LogP contribution in [0.25, 0.3) is 61.5 Å². The number of aromatic nitrogens is 1. The lowest BCUT2D eigenvalue weighted by Crippen LogP contribution is -2.15. The summed E-state index contributed by atoms with van der Waals surface area (Å²) < 4.78 is 6.35. The van der Waals surface area contributed by atoms with E-state index < -0.39 is 0 Å². The van der Waals surface area contributed by atoms with Gasteiger partial charge in [0.05, 0.1) is 11.4 Å². The van der Waals surface area contributed by atoms with Crippen molar-refractivity contribution in [1.82, 2.24) is 4.98 Å². The molecule has 53 heavy (non-hydrogen) atoms. The van der Waals surface area contributed by atoms with Gasteiger partial charge in [0, 0.05) is 23.0 Å². The predicted molar refractivity (Wildman–Crippen MR) is 218 cm³/mol. The second-order valence-corrected chi connectivity index (χ2v) is 14.0. The normalized spacial score (nSPS) is 15.2. The summed E-state index contributed by atoms with van der Waals surface area (Å²) in [6.07, 6.45) is 0. The van der Waals surface area contributed by atoms with Crippen molar-refractivity contribution in [3.63, 3.8) is 0 Å². The quantitative estimate of drug-likeness (QED) is 0.175. The second-order valence-electron chi connectivity index (χ2n) is 14.0. The number of hydrogen-bond donors (Lipinski definition) is 0. The zero-order valence-electron chi connectivity index (χ0n) is 29.1. The molecule has 2 aliphatic carbocycles. The summed E-state index contributed by atoms with van der Waals surface area (Å²) in [5.74, 6) is 2.09. The van der Waals surface area contributed by atoms with Crippen LogP contribution in [0.1, 0.15) is 34.1 Å². The maximum atomic E-state index is 6.35. The molecule has 7 aromatic carbocycles. The molecular formula is C51H35NO. The predicted octanol–water partition coefficient (Wildman–Crippen LogP) is 13.5. The van der Waals surface area contributed by atoms with E-state index in [2.05, 4.69) is 170 Å². The third-order valence-corrected chi connectivity index (χ3v) is 10.9. The van der Waals surface area contributed by atoms with Crippen LogP contribution in [-0.4, -0.2) is 4.98 Å². The first-order valence-corrected chi connectivity index (χ1v) is 18.2.